The maximum absolute atomic E-state index is 13.5. The number of Topliss-reactive ketones (excluding diaryl/α,β-unsaturated/α-hetero) is 1. The summed E-state index contributed by atoms with van der Waals surface area (Å²) in [6.07, 6.45) is -5.28. The number of esters is 3. The molecule has 0 aromatic heterocycles. The van der Waals surface area contributed by atoms with E-state index < -0.39 is 87.9 Å². The number of methoxy groups -OCH3 is 1. The highest BCUT2D eigenvalue weighted by atomic mass is 16.6. The number of fused-ring (bicyclic) bond motifs is 2. The van der Waals surface area contributed by atoms with Crippen molar-refractivity contribution in [2.45, 2.75) is 83.1 Å². The van der Waals surface area contributed by atoms with Crippen LogP contribution in [0.2, 0.25) is 0 Å². The summed E-state index contributed by atoms with van der Waals surface area (Å²) in [4.78, 5) is 52.8. The molecule has 5 rings (SSSR count). The van der Waals surface area contributed by atoms with Crippen LogP contribution < -0.4 is 0 Å². The highest BCUT2D eigenvalue weighted by Crippen LogP contribution is 2.72. The van der Waals surface area contributed by atoms with Gasteiger partial charge in [0.2, 0.25) is 11.7 Å². The zero-order valence-electron chi connectivity index (χ0n) is 23.3. The lowest BCUT2D eigenvalue weighted by atomic mass is 9.38. The van der Waals surface area contributed by atoms with E-state index in [0.29, 0.717) is 5.57 Å². The molecular weight excluding hydrogens is 528 g/mol. The third-order valence-corrected chi connectivity index (χ3v) is 10.4. The summed E-state index contributed by atoms with van der Waals surface area (Å²) < 4.78 is 22.6. The highest BCUT2D eigenvalue weighted by molar-refractivity contribution is 5.95. The second-order valence-electron chi connectivity index (χ2n) is 12.7. The molecule has 2 heterocycles. The van der Waals surface area contributed by atoms with Gasteiger partial charge < -0.3 is 39.4 Å². The van der Waals surface area contributed by atoms with Crippen molar-refractivity contribution in [2.75, 3.05) is 13.7 Å². The molecule has 4 N–H and O–H groups in total. The molecule has 5 aliphatic rings. The molecule has 10 atom stereocenters. The first-order valence-electron chi connectivity index (χ1n) is 13.3. The average Bonchev–Trinajstić information content (AvgIpc) is 3.17. The van der Waals surface area contributed by atoms with Gasteiger partial charge in [-0.05, 0) is 56.6 Å². The summed E-state index contributed by atoms with van der Waals surface area (Å²) in [5.74, 6) is -6.76. The quantitative estimate of drug-likeness (QED) is 0.208. The van der Waals surface area contributed by atoms with E-state index in [-0.39, 0.29) is 30.8 Å². The number of allylic oxidation sites excluding steroid dienone is 2. The van der Waals surface area contributed by atoms with Crippen LogP contribution in [0.15, 0.2) is 23.0 Å². The maximum Gasteiger partial charge on any atom is 0.348 e. The zero-order chi connectivity index (χ0) is 29.7. The van der Waals surface area contributed by atoms with Crippen molar-refractivity contribution in [3.63, 3.8) is 0 Å². The molecule has 12 heteroatoms. The molecule has 2 aliphatic heterocycles. The Morgan fingerprint density at radius 3 is 2.42 bits per heavy atom. The van der Waals surface area contributed by atoms with E-state index in [4.69, 9.17) is 18.9 Å². The van der Waals surface area contributed by atoms with Crippen LogP contribution in [0.25, 0.3) is 0 Å². The van der Waals surface area contributed by atoms with E-state index in [2.05, 4.69) is 0 Å². The Morgan fingerprint density at radius 1 is 1.18 bits per heavy atom. The minimum atomic E-state index is -2.28. The smallest absolute Gasteiger partial charge is 0.348 e. The van der Waals surface area contributed by atoms with E-state index >= 15 is 0 Å². The topological polar surface area (TPSA) is 186 Å². The van der Waals surface area contributed by atoms with Gasteiger partial charge in [-0.2, -0.15) is 0 Å². The Balaban J connectivity index is 1.70. The van der Waals surface area contributed by atoms with Gasteiger partial charge in [0.15, 0.2) is 11.5 Å². The molecule has 0 radical (unpaired) electrons. The lowest BCUT2D eigenvalue weighted by molar-refractivity contribution is -0.290. The van der Waals surface area contributed by atoms with Gasteiger partial charge in [0, 0.05) is 23.8 Å². The fraction of sp³-hybridized carbons (Fsp3) is 0.714. The van der Waals surface area contributed by atoms with Crippen molar-refractivity contribution in [1.82, 2.24) is 0 Å². The van der Waals surface area contributed by atoms with Crippen molar-refractivity contribution in [3.8, 4) is 0 Å². The maximum atomic E-state index is 13.5. The van der Waals surface area contributed by atoms with Crippen molar-refractivity contribution in [2.24, 2.45) is 28.6 Å². The fourth-order valence-corrected chi connectivity index (χ4v) is 8.37. The van der Waals surface area contributed by atoms with Crippen LogP contribution in [0.1, 0.15) is 47.5 Å². The van der Waals surface area contributed by atoms with Crippen molar-refractivity contribution in [3.05, 3.63) is 23.0 Å². The second kappa shape index (κ2) is 8.85. The molecule has 2 bridgehead atoms. The summed E-state index contributed by atoms with van der Waals surface area (Å²) in [7, 11) is 1.07. The molecule has 1 spiro atoms. The second-order valence-corrected chi connectivity index (χ2v) is 12.7. The number of rotatable bonds is 4. The molecule has 220 valence electrons. The number of carbonyl (C=O) groups is 4. The predicted molar refractivity (Wildman–Crippen MR) is 133 cm³/mol. The molecule has 0 aromatic rings. The van der Waals surface area contributed by atoms with Crippen LogP contribution in [0, 0.1) is 28.6 Å². The van der Waals surface area contributed by atoms with E-state index in [1.165, 1.54) is 20.8 Å². The number of aliphatic hydroxyl groups is 4. The Morgan fingerprint density at radius 2 is 1.82 bits per heavy atom. The SMILES string of the molecule is COC(=O)[C@@]12OC[C@]34[C@H]([C@@H](O)[C@@H]1O)[C@@]1(C)CC(=O)C(O)=C(C)[C@@H]1C[C@H]3OC(=O)[C@H](OC(=O)C=C(C)C(C)(C)O)[C@@H]24. The first-order valence-corrected chi connectivity index (χ1v) is 13.3. The number of hydrogen-bond donors (Lipinski definition) is 4. The van der Waals surface area contributed by atoms with Crippen LogP contribution in [-0.2, 0) is 38.1 Å². The summed E-state index contributed by atoms with van der Waals surface area (Å²) in [5.41, 5.74) is -5.43. The summed E-state index contributed by atoms with van der Waals surface area (Å²) in [5, 5.41) is 44.0. The largest absolute Gasteiger partial charge is 0.504 e. The van der Waals surface area contributed by atoms with Gasteiger partial charge in [-0.3, -0.25) is 4.79 Å². The third kappa shape index (κ3) is 3.45. The van der Waals surface area contributed by atoms with E-state index in [1.807, 2.05) is 0 Å². The van der Waals surface area contributed by atoms with Crippen molar-refractivity contribution in [1.29, 1.82) is 0 Å². The van der Waals surface area contributed by atoms with Crippen LogP contribution in [0.4, 0.5) is 0 Å². The van der Waals surface area contributed by atoms with E-state index in [1.54, 1.807) is 13.8 Å². The lowest BCUT2D eigenvalue weighted by Gasteiger charge is -2.67. The van der Waals surface area contributed by atoms with Crippen LogP contribution in [-0.4, -0.2) is 93.5 Å². The van der Waals surface area contributed by atoms with Gasteiger partial charge in [0.25, 0.3) is 0 Å². The zero-order valence-corrected chi connectivity index (χ0v) is 23.3. The van der Waals surface area contributed by atoms with Crippen LogP contribution in [0.5, 0.6) is 0 Å². The third-order valence-electron chi connectivity index (χ3n) is 10.4. The Bertz CT molecular complexity index is 1240. The first-order chi connectivity index (χ1) is 18.5. The molecule has 2 saturated heterocycles. The lowest BCUT2D eigenvalue weighted by Crippen LogP contribution is -2.79. The van der Waals surface area contributed by atoms with E-state index in [9.17, 15) is 39.6 Å². The molecular formula is C28H36O12. The van der Waals surface area contributed by atoms with Gasteiger partial charge in [-0.15, -0.1) is 0 Å². The molecule has 4 fully saturated rings. The number of ether oxygens (including phenoxy) is 4. The minimum absolute atomic E-state index is 0.139. The predicted octanol–water partition coefficient (Wildman–Crippen LogP) is 0.268. The minimum Gasteiger partial charge on any atom is -0.504 e. The number of carbonyl (C=O) groups excluding carboxylic acids is 4. The molecule has 12 nitrogen and oxygen atoms in total. The molecule has 0 amide bonds. The highest BCUT2D eigenvalue weighted by Gasteiger charge is 2.85. The van der Waals surface area contributed by atoms with E-state index in [0.717, 1.165) is 13.2 Å². The Hall–Kier alpha value is -2.80. The number of ketones is 1. The van der Waals surface area contributed by atoms with Crippen LogP contribution >= 0.6 is 0 Å². The summed E-state index contributed by atoms with van der Waals surface area (Å²) in [6.45, 7) is 7.54. The monoisotopic (exact) mass is 564 g/mol. The van der Waals surface area contributed by atoms with Gasteiger partial charge in [-0.1, -0.05) is 6.92 Å². The average molecular weight is 565 g/mol. The molecule has 3 aliphatic carbocycles. The van der Waals surface area contributed by atoms with Gasteiger partial charge >= 0.3 is 17.9 Å². The summed E-state index contributed by atoms with van der Waals surface area (Å²) in [6, 6.07) is 0. The number of hydrogen-bond acceptors (Lipinski definition) is 12. The molecule has 0 unspecified atom stereocenters. The molecule has 2 saturated carbocycles. The van der Waals surface area contributed by atoms with Gasteiger partial charge in [-0.25, -0.2) is 14.4 Å². The number of aliphatic hydroxyl groups excluding tert-OH is 3. The first kappa shape index (κ1) is 28.7. The Kier molecular flexibility index (Phi) is 6.35. The summed E-state index contributed by atoms with van der Waals surface area (Å²) >= 11 is 0. The molecule has 40 heavy (non-hydrogen) atoms. The standard InChI is InChI=1S/C28H36O12/c1-11(25(3,4)36)7-16(30)40-19-21-27-10-38-28(21,24(35)37-6)22(33)18(32)20(27)26(5)9-14(29)17(31)12(2)13(26)8-15(27)39-23(19)34/h7,13,15,18-22,31-33,36H,8-10H2,1-6H3/t13-,15+,18+,19+,20+,21+,22-,26-,27+,28-/m0/s1. The van der Waals surface area contributed by atoms with Gasteiger partial charge in [0.1, 0.15) is 12.2 Å². The van der Waals surface area contributed by atoms with Crippen LogP contribution in [0.3, 0.4) is 0 Å². The fourth-order valence-electron chi connectivity index (χ4n) is 8.37. The van der Waals surface area contributed by atoms with Crippen molar-refractivity contribution < 1.29 is 58.6 Å². The molecule has 0 aromatic carbocycles. The normalized spacial score (nSPS) is 44.4. The van der Waals surface area contributed by atoms with Gasteiger partial charge in [0.05, 0.1) is 31.3 Å². The Labute approximate surface area is 230 Å². The van der Waals surface area contributed by atoms with Crippen molar-refractivity contribution >= 4 is 23.7 Å².